The van der Waals surface area contributed by atoms with E-state index in [1.54, 1.807) is 17.2 Å². The van der Waals surface area contributed by atoms with Gasteiger partial charge in [-0.3, -0.25) is 0 Å². The number of aromatic nitrogens is 1. The number of carbonyl (C=O) groups is 2. The minimum absolute atomic E-state index is 0.142. The predicted octanol–water partition coefficient (Wildman–Crippen LogP) is 3.52. The maximum atomic E-state index is 12.5. The molecule has 2 amide bonds. The van der Waals surface area contributed by atoms with Gasteiger partial charge in [-0.25, -0.2) is 14.6 Å². The van der Waals surface area contributed by atoms with Gasteiger partial charge in [0.1, 0.15) is 5.01 Å². The number of urea groups is 1. The van der Waals surface area contributed by atoms with Crippen LogP contribution in [-0.2, 0) is 11.3 Å². The van der Waals surface area contributed by atoms with Crippen LogP contribution >= 0.6 is 11.3 Å². The van der Waals surface area contributed by atoms with Crippen molar-refractivity contribution in [3.63, 3.8) is 0 Å². The summed E-state index contributed by atoms with van der Waals surface area (Å²) in [6.45, 7) is 2.47. The topological polar surface area (TPSA) is 71.5 Å². The molecule has 0 unspecified atom stereocenters. The van der Waals surface area contributed by atoms with E-state index in [1.165, 1.54) is 11.3 Å². The average molecular weight is 345 g/mol. The van der Waals surface area contributed by atoms with Crippen molar-refractivity contribution in [3.05, 3.63) is 46.4 Å². The number of benzene rings is 1. The SMILES string of the molecule is CCOC(=O)c1csc(CN(C(=O)Nc2ccccc2)C2CC2)n1. The third-order valence-corrected chi connectivity index (χ3v) is 4.45. The Bertz CT molecular complexity index is 713. The highest BCUT2D eigenvalue weighted by Crippen LogP contribution is 2.29. The molecule has 0 saturated heterocycles. The van der Waals surface area contributed by atoms with E-state index in [9.17, 15) is 9.59 Å². The quantitative estimate of drug-likeness (QED) is 0.813. The molecule has 3 rings (SSSR count). The molecule has 0 atom stereocenters. The number of amides is 2. The largest absolute Gasteiger partial charge is 0.461 e. The van der Waals surface area contributed by atoms with Crippen molar-refractivity contribution in [2.24, 2.45) is 0 Å². The summed E-state index contributed by atoms with van der Waals surface area (Å²) in [5, 5.41) is 5.31. The van der Waals surface area contributed by atoms with Crippen LogP contribution in [0.15, 0.2) is 35.7 Å². The zero-order valence-electron chi connectivity index (χ0n) is 13.4. The molecule has 1 aromatic heterocycles. The molecule has 126 valence electrons. The maximum Gasteiger partial charge on any atom is 0.357 e. The molecule has 1 aliphatic carbocycles. The number of nitrogens with zero attached hydrogens (tertiary/aromatic N) is 2. The number of nitrogens with one attached hydrogen (secondary N) is 1. The second-order valence-electron chi connectivity index (χ2n) is 5.50. The molecule has 1 fully saturated rings. The van der Waals surface area contributed by atoms with Gasteiger partial charge in [-0.1, -0.05) is 18.2 Å². The number of anilines is 1. The molecule has 0 spiro atoms. The minimum atomic E-state index is -0.424. The minimum Gasteiger partial charge on any atom is -0.461 e. The van der Waals surface area contributed by atoms with Gasteiger partial charge < -0.3 is 15.0 Å². The van der Waals surface area contributed by atoms with Crippen LogP contribution in [0.3, 0.4) is 0 Å². The van der Waals surface area contributed by atoms with Crippen LogP contribution in [0.25, 0.3) is 0 Å². The Kier molecular flexibility index (Phi) is 5.10. The van der Waals surface area contributed by atoms with Gasteiger partial charge in [0.25, 0.3) is 0 Å². The summed E-state index contributed by atoms with van der Waals surface area (Å²) in [6.07, 6.45) is 2.00. The maximum absolute atomic E-state index is 12.5. The number of hydrogen-bond donors (Lipinski definition) is 1. The van der Waals surface area contributed by atoms with Gasteiger partial charge in [0.05, 0.1) is 13.2 Å². The highest BCUT2D eigenvalue weighted by atomic mass is 32.1. The molecule has 6 nitrogen and oxygen atoms in total. The van der Waals surface area contributed by atoms with E-state index < -0.39 is 5.97 Å². The summed E-state index contributed by atoms with van der Waals surface area (Å²) in [6, 6.07) is 9.46. The Balaban J connectivity index is 1.66. The van der Waals surface area contributed by atoms with Gasteiger partial charge in [0.2, 0.25) is 0 Å². The number of para-hydroxylation sites is 1. The Morgan fingerprint density at radius 1 is 1.33 bits per heavy atom. The lowest BCUT2D eigenvalue weighted by Gasteiger charge is -2.21. The molecule has 2 aromatic rings. The van der Waals surface area contributed by atoms with Crippen molar-refractivity contribution in [3.8, 4) is 0 Å². The highest BCUT2D eigenvalue weighted by molar-refractivity contribution is 7.09. The van der Waals surface area contributed by atoms with E-state index in [4.69, 9.17) is 4.74 Å². The second kappa shape index (κ2) is 7.44. The standard InChI is InChI=1S/C17H19N3O3S/c1-2-23-16(21)14-11-24-15(19-14)10-20(13-8-9-13)17(22)18-12-6-4-3-5-7-12/h3-7,11,13H,2,8-10H2,1H3,(H,18,22). The van der Waals surface area contributed by atoms with Gasteiger partial charge in [-0.2, -0.15) is 0 Å². The van der Waals surface area contributed by atoms with E-state index >= 15 is 0 Å². The van der Waals surface area contributed by atoms with Crippen LogP contribution in [0.1, 0.15) is 35.3 Å². The van der Waals surface area contributed by atoms with Gasteiger partial charge in [0, 0.05) is 17.1 Å². The van der Waals surface area contributed by atoms with Crippen LogP contribution in [0.2, 0.25) is 0 Å². The lowest BCUT2D eigenvalue weighted by Crippen LogP contribution is -2.36. The monoisotopic (exact) mass is 345 g/mol. The summed E-state index contributed by atoms with van der Waals surface area (Å²) in [5.41, 5.74) is 1.07. The molecule has 0 aliphatic heterocycles. The Morgan fingerprint density at radius 2 is 2.08 bits per heavy atom. The predicted molar refractivity (Wildman–Crippen MR) is 92.1 cm³/mol. The van der Waals surface area contributed by atoms with Gasteiger partial charge in [-0.05, 0) is 31.9 Å². The molecule has 7 heteroatoms. The highest BCUT2D eigenvalue weighted by Gasteiger charge is 2.33. The summed E-state index contributed by atoms with van der Waals surface area (Å²) in [5.74, 6) is -0.424. The number of carbonyl (C=O) groups excluding carboxylic acids is 2. The lowest BCUT2D eigenvalue weighted by atomic mass is 10.3. The lowest BCUT2D eigenvalue weighted by molar-refractivity contribution is 0.0520. The first-order chi connectivity index (χ1) is 11.7. The van der Waals surface area contributed by atoms with Crippen LogP contribution in [-0.4, -0.2) is 34.5 Å². The smallest absolute Gasteiger partial charge is 0.357 e. The molecule has 0 bridgehead atoms. The molecule has 1 N–H and O–H groups in total. The zero-order valence-corrected chi connectivity index (χ0v) is 14.2. The number of esters is 1. The van der Waals surface area contributed by atoms with E-state index in [0.717, 1.165) is 23.5 Å². The summed E-state index contributed by atoms with van der Waals surface area (Å²) >= 11 is 1.37. The van der Waals surface area contributed by atoms with Gasteiger partial charge in [0.15, 0.2) is 5.69 Å². The molecule has 1 heterocycles. The fourth-order valence-corrected chi connectivity index (χ4v) is 3.06. The zero-order chi connectivity index (χ0) is 16.9. The second-order valence-corrected chi connectivity index (χ2v) is 6.44. The summed E-state index contributed by atoms with van der Waals surface area (Å²) < 4.78 is 4.94. The third kappa shape index (κ3) is 4.11. The van der Waals surface area contributed by atoms with Crippen molar-refractivity contribution >= 4 is 29.0 Å². The van der Waals surface area contributed by atoms with E-state index in [1.807, 2.05) is 30.3 Å². The van der Waals surface area contributed by atoms with Crippen LogP contribution in [0, 0.1) is 0 Å². The van der Waals surface area contributed by atoms with E-state index in [2.05, 4.69) is 10.3 Å². The van der Waals surface area contributed by atoms with Crippen molar-refractivity contribution in [2.75, 3.05) is 11.9 Å². The van der Waals surface area contributed by atoms with Crippen molar-refractivity contribution in [1.29, 1.82) is 0 Å². The third-order valence-electron chi connectivity index (χ3n) is 3.62. The molecular weight excluding hydrogens is 326 g/mol. The molecule has 24 heavy (non-hydrogen) atoms. The number of thiazole rings is 1. The fourth-order valence-electron chi connectivity index (χ4n) is 2.30. The Hall–Kier alpha value is -2.41. The number of ether oxygens (including phenoxy) is 1. The number of hydrogen-bond acceptors (Lipinski definition) is 5. The normalized spacial score (nSPS) is 13.4. The Labute approximate surface area is 144 Å². The molecular formula is C17H19N3O3S. The van der Waals surface area contributed by atoms with E-state index in [0.29, 0.717) is 18.8 Å². The van der Waals surface area contributed by atoms with Crippen molar-refractivity contribution in [2.45, 2.75) is 32.4 Å². The summed E-state index contributed by atoms with van der Waals surface area (Å²) in [7, 11) is 0. The first-order valence-corrected chi connectivity index (χ1v) is 8.79. The fraction of sp³-hybridized carbons (Fsp3) is 0.353. The molecule has 1 aliphatic rings. The average Bonchev–Trinajstić information content (AvgIpc) is 3.31. The molecule has 1 aromatic carbocycles. The van der Waals surface area contributed by atoms with Crippen LogP contribution in [0.5, 0.6) is 0 Å². The van der Waals surface area contributed by atoms with Crippen molar-refractivity contribution in [1.82, 2.24) is 9.88 Å². The van der Waals surface area contributed by atoms with Gasteiger partial charge >= 0.3 is 12.0 Å². The van der Waals surface area contributed by atoms with Gasteiger partial charge in [-0.15, -0.1) is 11.3 Å². The summed E-state index contributed by atoms with van der Waals surface area (Å²) in [4.78, 5) is 30.3. The van der Waals surface area contributed by atoms with Crippen LogP contribution < -0.4 is 5.32 Å². The first-order valence-electron chi connectivity index (χ1n) is 7.91. The van der Waals surface area contributed by atoms with Crippen LogP contribution in [0.4, 0.5) is 10.5 Å². The molecule has 0 radical (unpaired) electrons. The molecule has 1 saturated carbocycles. The first kappa shape index (κ1) is 16.4. The van der Waals surface area contributed by atoms with Crippen molar-refractivity contribution < 1.29 is 14.3 Å². The number of rotatable bonds is 6. The Morgan fingerprint density at radius 3 is 2.75 bits per heavy atom. The van der Waals surface area contributed by atoms with E-state index in [-0.39, 0.29) is 12.1 Å².